The molecule has 2 saturated heterocycles. The average Bonchev–Trinajstić information content (AvgIpc) is 2.90. The van der Waals surface area contributed by atoms with Crippen LogP contribution in [0, 0.1) is 0 Å². The first-order valence-electron chi connectivity index (χ1n) is 10.0. The van der Waals surface area contributed by atoms with Gasteiger partial charge in [0.15, 0.2) is 0 Å². The molecule has 3 rings (SSSR count). The number of carbonyl (C=O) groups excluding carboxylic acids is 1. The molecule has 3 aliphatic heterocycles. The van der Waals surface area contributed by atoms with Crippen LogP contribution in [0.4, 0.5) is 0 Å². The fourth-order valence-electron chi connectivity index (χ4n) is 3.19. The molecule has 0 spiro atoms. The van der Waals surface area contributed by atoms with Gasteiger partial charge in [0, 0.05) is 20.2 Å². The maximum atomic E-state index is 12.5. The van der Waals surface area contributed by atoms with Gasteiger partial charge in [-0.2, -0.15) is 13.1 Å². The van der Waals surface area contributed by atoms with Crippen molar-refractivity contribution in [2.75, 3.05) is 46.4 Å². The van der Waals surface area contributed by atoms with Crippen LogP contribution in [0.3, 0.4) is 0 Å². The minimum atomic E-state index is -0.815. The van der Waals surface area contributed by atoms with Gasteiger partial charge in [-0.15, -0.1) is 36.9 Å². The average molecular weight is 756 g/mol. The van der Waals surface area contributed by atoms with Gasteiger partial charge in [0.2, 0.25) is 5.91 Å². The van der Waals surface area contributed by atoms with Crippen molar-refractivity contribution in [2.24, 2.45) is 4.99 Å². The molecule has 14 heteroatoms. The number of rotatable bonds is 6. The molecular formula is C19H29Br3Cu2N6O3-5. The summed E-state index contributed by atoms with van der Waals surface area (Å²) in [5.41, 5.74) is 0.806. The summed E-state index contributed by atoms with van der Waals surface area (Å²) in [5, 5.41) is 39.7. The summed E-state index contributed by atoms with van der Waals surface area (Å²) in [6, 6.07) is -1.50. The minimum absolute atomic E-state index is 0.119. The number of piperidine rings is 1. The number of halogens is 3. The first-order valence-corrected chi connectivity index (χ1v) is 17.0. The zero-order valence-electron chi connectivity index (χ0n) is 18.1. The predicted octanol–water partition coefficient (Wildman–Crippen LogP) is 3.25. The van der Waals surface area contributed by atoms with Crippen LogP contribution in [0.5, 0.6) is 0 Å². The van der Waals surface area contributed by atoms with Crippen molar-refractivity contribution in [3.8, 4) is 0 Å². The number of hydrogen-bond donors (Lipinski definition) is 2. The van der Waals surface area contributed by atoms with E-state index in [1.165, 1.54) is 11.3 Å². The van der Waals surface area contributed by atoms with Gasteiger partial charge in [-0.05, 0) is 0 Å². The van der Waals surface area contributed by atoms with E-state index < -0.39 is 12.1 Å². The third-order valence-electron chi connectivity index (χ3n) is 4.63. The Balaban J connectivity index is 0.00000132. The Kier molecular flexibility index (Phi) is 23.3. The Morgan fingerprint density at radius 1 is 1.21 bits per heavy atom. The molecular weight excluding hydrogens is 727 g/mol. The predicted molar refractivity (Wildman–Crippen MR) is 136 cm³/mol. The molecule has 3 heterocycles. The van der Waals surface area contributed by atoms with Gasteiger partial charge < -0.3 is 41.8 Å². The van der Waals surface area contributed by atoms with Crippen molar-refractivity contribution in [3.05, 3.63) is 45.2 Å². The van der Waals surface area contributed by atoms with E-state index in [0.717, 1.165) is 38.6 Å². The Labute approximate surface area is 232 Å². The Hall–Kier alpha value is 0.539. The van der Waals surface area contributed by atoms with Crippen LogP contribution >= 0.6 is 42.3 Å². The Morgan fingerprint density at radius 3 is 2.45 bits per heavy atom. The molecule has 33 heavy (non-hydrogen) atoms. The molecule has 0 aromatic rings. The van der Waals surface area contributed by atoms with Crippen LogP contribution in [0.15, 0.2) is 28.9 Å². The van der Waals surface area contributed by atoms with E-state index >= 15 is 0 Å². The number of aliphatic hydroxyl groups is 1. The van der Waals surface area contributed by atoms with Gasteiger partial charge >= 0.3 is 67.9 Å². The zero-order valence-corrected chi connectivity index (χ0v) is 24.7. The molecule has 3 aliphatic rings. The van der Waals surface area contributed by atoms with Crippen molar-refractivity contribution in [3.63, 3.8) is 0 Å². The number of allylic oxidation sites excluding steroid dienone is 2. The molecule has 0 saturated carbocycles. The van der Waals surface area contributed by atoms with Crippen molar-refractivity contribution in [1.29, 1.82) is 0 Å². The van der Waals surface area contributed by atoms with Gasteiger partial charge in [0.05, 0.1) is 0 Å². The number of nitrogens with one attached hydrogen (secondary N) is 1. The monoisotopic (exact) mass is 752 g/mol. The maximum absolute atomic E-state index is 12.5. The molecule has 2 fully saturated rings. The van der Waals surface area contributed by atoms with Crippen molar-refractivity contribution in [1.82, 2.24) is 5.32 Å². The van der Waals surface area contributed by atoms with E-state index in [1.54, 1.807) is 0 Å². The number of aliphatic imine (C=N–C) groups is 1. The number of carbonyl (C=O) groups is 1. The Morgan fingerprint density at radius 2 is 1.88 bits per heavy atom. The van der Waals surface area contributed by atoms with Crippen LogP contribution in [0.2, 0.25) is 0 Å². The van der Waals surface area contributed by atoms with Gasteiger partial charge in [-0.1, -0.05) is 43.4 Å². The summed E-state index contributed by atoms with van der Waals surface area (Å²) < 4.78 is 0. The fourth-order valence-corrected chi connectivity index (χ4v) is 3.19. The topological polar surface area (TPSA) is 141 Å². The van der Waals surface area contributed by atoms with Crippen molar-refractivity contribution in [2.45, 2.75) is 37.4 Å². The molecule has 0 aliphatic carbocycles. The van der Waals surface area contributed by atoms with E-state index in [1.807, 2.05) is 18.2 Å². The molecule has 3 atom stereocenters. The molecule has 0 aromatic carbocycles. The summed E-state index contributed by atoms with van der Waals surface area (Å²) in [7, 11) is 1.00. The van der Waals surface area contributed by atoms with E-state index in [-0.39, 0.29) is 17.8 Å². The molecule has 201 valence electrons. The molecule has 1 amide bonds. The van der Waals surface area contributed by atoms with Crippen LogP contribution in [-0.2, 0) is 30.3 Å². The standard InChI is InChI=1S/C18H26N6O2.CH4O.3BrH.2Cu/c25-17(23-11-13-5-1-3-7-19-13)15-16(22-10-9-21-15)18(26)24-12-14-6-2-4-8-20-14;1-2;;;;;/h1,3,5,14-16H,2,4,6-12H2,(H,23,25)(H,24,26);2H,1H3;3*1H;;/q-4;;;;;+1;+2/p-4. The van der Waals surface area contributed by atoms with Crippen LogP contribution < -0.4 is 10.4 Å². The van der Waals surface area contributed by atoms with E-state index in [0.29, 0.717) is 32.7 Å². The number of nitrogens with zero attached hydrogens (tertiary/aromatic N) is 5. The fraction of sp³-hybridized carbons (Fsp3) is 0.684. The first kappa shape index (κ1) is 33.5. The second-order valence-electron chi connectivity index (χ2n) is 6.62. The SMILES string of the molecule is CO.O=C(NCC1=CC=CC[N-]1)C1[N-]CC[N-]C1C([O-])=NCC1CCCC[N-]1.[Br][Cu][Br].[Cu][Br]. The van der Waals surface area contributed by atoms with E-state index in [9.17, 15) is 9.90 Å². The van der Waals surface area contributed by atoms with Crippen LogP contribution in [0.1, 0.15) is 19.3 Å². The molecule has 0 bridgehead atoms. The second kappa shape index (κ2) is 23.0. The summed E-state index contributed by atoms with van der Waals surface area (Å²) >= 11 is 13.9. The number of amides is 1. The van der Waals surface area contributed by atoms with E-state index in [2.05, 4.69) is 88.1 Å². The number of piperazine rings is 1. The summed E-state index contributed by atoms with van der Waals surface area (Å²) in [6.07, 6.45) is 8.92. The summed E-state index contributed by atoms with van der Waals surface area (Å²) in [5.74, 6) is -0.658. The molecule has 2 N–H and O–H groups in total. The Bertz CT molecular complexity index is 611. The summed E-state index contributed by atoms with van der Waals surface area (Å²) in [4.78, 5) is 16.6. The molecule has 9 nitrogen and oxygen atoms in total. The van der Waals surface area contributed by atoms with Gasteiger partial charge in [0.1, 0.15) is 0 Å². The molecule has 0 aromatic heterocycles. The number of hydrogen-bond acceptors (Lipinski definition) is 4. The third-order valence-corrected chi connectivity index (χ3v) is 4.63. The van der Waals surface area contributed by atoms with Crippen LogP contribution in [0.25, 0.3) is 21.3 Å². The van der Waals surface area contributed by atoms with Crippen LogP contribution in [-0.4, -0.2) is 81.4 Å². The van der Waals surface area contributed by atoms with Crippen molar-refractivity contribution >= 4 is 54.1 Å². The molecule has 3 unspecified atom stereocenters. The zero-order chi connectivity index (χ0) is 24.9. The van der Waals surface area contributed by atoms with Gasteiger partial charge in [-0.3, -0.25) is 4.79 Å². The molecule has 0 radical (unpaired) electrons. The summed E-state index contributed by atoms with van der Waals surface area (Å²) in [6.45, 7) is 3.09. The van der Waals surface area contributed by atoms with Gasteiger partial charge in [-0.25, -0.2) is 0 Å². The van der Waals surface area contributed by atoms with Gasteiger partial charge in [0.25, 0.3) is 0 Å². The third kappa shape index (κ3) is 14.6. The van der Waals surface area contributed by atoms with Crippen molar-refractivity contribution < 1.29 is 40.6 Å². The second-order valence-corrected chi connectivity index (χ2v) is 11.4. The number of aliphatic hydroxyl groups excluding tert-OH is 1. The first-order chi connectivity index (χ1) is 16.2. The normalized spacial score (nSPS) is 24.4. The van der Waals surface area contributed by atoms with E-state index in [4.69, 9.17) is 5.11 Å². The quantitative estimate of drug-likeness (QED) is 0.244.